The number of hydrogen-bond acceptors (Lipinski definition) is 4. The predicted octanol–water partition coefficient (Wildman–Crippen LogP) is 3.01. The van der Waals surface area contributed by atoms with Crippen molar-refractivity contribution in [3.63, 3.8) is 0 Å². The molecule has 21 heavy (non-hydrogen) atoms. The second-order valence-electron chi connectivity index (χ2n) is 6.32. The summed E-state index contributed by atoms with van der Waals surface area (Å²) < 4.78 is 1.88. The van der Waals surface area contributed by atoms with Crippen molar-refractivity contribution in [3.05, 3.63) is 23.2 Å². The monoisotopic (exact) mass is 303 g/mol. The zero-order valence-electron chi connectivity index (χ0n) is 11.7. The van der Waals surface area contributed by atoms with Crippen LogP contribution in [0.5, 0.6) is 0 Å². The van der Waals surface area contributed by atoms with Crippen molar-refractivity contribution in [2.45, 2.75) is 32.2 Å². The molecule has 3 atom stereocenters. The molecular weight excluding hydrogens is 286 g/mol. The highest BCUT2D eigenvalue weighted by Gasteiger charge is 2.40. The molecule has 2 aliphatic rings. The molecule has 0 radical (unpaired) electrons. The van der Waals surface area contributed by atoms with E-state index in [0.29, 0.717) is 22.5 Å². The Morgan fingerprint density at radius 3 is 2.90 bits per heavy atom. The van der Waals surface area contributed by atoms with Gasteiger partial charge < -0.3 is 5.73 Å². The highest BCUT2D eigenvalue weighted by molar-refractivity contribution is 6.33. The van der Waals surface area contributed by atoms with Gasteiger partial charge in [-0.1, -0.05) is 24.1 Å². The molecule has 4 rings (SSSR count). The fourth-order valence-electron chi connectivity index (χ4n) is 4.11. The van der Waals surface area contributed by atoms with Gasteiger partial charge >= 0.3 is 0 Å². The van der Waals surface area contributed by atoms with Crippen molar-refractivity contribution in [1.82, 2.24) is 20.2 Å². The van der Waals surface area contributed by atoms with Gasteiger partial charge in [0.25, 0.3) is 0 Å². The minimum atomic E-state index is 0.596. The second-order valence-corrected chi connectivity index (χ2v) is 6.73. The van der Waals surface area contributed by atoms with Crippen LogP contribution in [0.25, 0.3) is 11.4 Å². The second kappa shape index (κ2) is 4.98. The zero-order valence-corrected chi connectivity index (χ0v) is 12.5. The molecule has 2 fully saturated rings. The number of anilines is 1. The fourth-order valence-corrected chi connectivity index (χ4v) is 4.37. The third-order valence-electron chi connectivity index (χ3n) is 5.09. The lowest BCUT2D eigenvalue weighted by Crippen LogP contribution is -2.19. The standard InChI is InChI=1S/C15H18ClN5/c16-12-2-1-3-13(17)14(12)15-18-19-20-21(15)8-11-7-9-4-5-10(11)6-9/h1-3,9-11H,4-8,17H2. The summed E-state index contributed by atoms with van der Waals surface area (Å²) in [5.41, 5.74) is 7.42. The molecule has 1 heterocycles. The molecule has 6 heteroatoms. The van der Waals surface area contributed by atoms with Crippen LogP contribution < -0.4 is 5.73 Å². The van der Waals surface area contributed by atoms with Gasteiger partial charge in [-0.05, 0) is 59.6 Å². The van der Waals surface area contributed by atoms with Crippen LogP contribution in [0, 0.1) is 17.8 Å². The van der Waals surface area contributed by atoms with E-state index < -0.39 is 0 Å². The van der Waals surface area contributed by atoms with Crippen molar-refractivity contribution in [1.29, 1.82) is 0 Å². The Balaban J connectivity index is 1.65. The molecule has 1 aromatic heterocycles. The van der Waals surface area contributed by atoms with Crippen LogP contribution in [0.15, 0.2) is 18.2 Å². The Labute approximate surface area is 128 Å². The van der Waals surface area contributed by atoms with Crippen LogP contribution >= 0.6 is 11.6 Å². The summed E-state index contributed by atoms with van der Waals surface area (Å²) in [6, 6.07) is 5.49. The van der Waals surface area contributed by atoms with E-state index >= 15 is 0 Å². The fraction of sp³-hybridized carbons (Fsp3) is 0.533. The van der Waals surface area contributed by atoms with E-state index in [0.717, 1.165) is 23.9 Å². The number of benzene rings is 1. The minimum Gasteiger partial charge on any atom is -0.398 e. The molecule has 5 nitrogen and oxygen atoms in total. The lowest BCUT2D eigenvalue weighted by molar-refractivity contribution is 0.284. The largest absolute Gasteiger partial charge is 0.398 e. The molecular formula is C15H18ClN5. The average Bonchev–Trinajstić information content (AvgIpc) is 3.16. The van der Waals surface area contributed by atoms with Crippen molar-refractivity contribution in [3.8, 4) is 11.4 Å². The molecule has 110 valence electrons. The molecule has 0 saturated heterocycles. The van der Waals surface area contributed by atoms with Gasteiger partial charge in [0.05, 0.1) is 10.6 Å². The molecule has 0 spiro atoms. The Bertz CT molecular complexity index is 648. The Morgan fingerprint density at radius 2 is 2.19 bits per heavy atom. The number of fused-ring (bicyclic) bond motifs is 2. The first-order valence-electron chi connectivity index (χ1n) is 7.53. The number of aromatic nitrogens is 4. The zero-order chi connectivity index (χ0) is 14.4. The lowest BCUT2D eigenvalue weighted by atomic mass is 9.89. The van der Waals surface area contributed by atoms with Gasteiger partial charge in [0.2, 0.25) is 0 Å². The smallest absolute Gasteiger partial charge is 0.185 e. The van der Waals surface area contributed by atoms with Gasteiger partial charge in [0.1, 0.15) is 0 Å². The van der Waals surface area contributed by atoms with Gasteiger partial charge in [-0.3, -0.25) is 0 Å². The van der Waals surface area contributed by atoms with Crippen LogP contribution in [0.3, 0.4) is 0 Å². The number of hydrogen-bond donors (Lipinski definition) is 1. The Hall–Kier alpha value is -1.62. The quantitative estimate of drug-likeness (QED) is 0.885. The van der Waals surface area contributed by atoms with Gasteiger partial charge in [0.15, 0.2) is 5.82 Å². The number of halogens is 1. The number of nitrogens with zero attached hydrogens (tertiary/aromatic N) is 4. The van der Waals surface area contributed by atoms with E-state index in [9.17, 15) is 0 Å². The Kier molecular flexibility index (Phi) is 3.10. The van der Waals surface area contributed by atoms with E-state index in [4.69, 9.17) is 17.3 Å². The average molecular weight is 304 g/mol. The van der Waals surface area contributed by atoms with Crippen LogP contribution in [-0.4, -0.2) is 20.2 Å². The molecule has 1 aromatic carbocycles. The molecule has 2 aliphatic carbocycles. The van der Waals surface area contributed by atoms with Gasteiger partial charge in [-0.25, -0.2) is 4.68 Å². The maximum absolute atomic E-state index is 6.28. The summed E-state index contributed by atoms with van der Waals surface area (Å²) in [6.45, 7) is 0.869. The van der Waals surface area contributed by atoms with Gasteiger partial charge in [-0.15, -0.1) is 5.10 Å². The van der Waals surface area contributed by atoms with Crippen LogP contribution in [0.1, 0.15) is 25.7 Å². The number of nitrogens with two attached hydrogens (primary N) is 1. The minimum absolute atomic E-state index is 0.596. The normalized spacial score (nSPS) is 27.4. The highest BCUT2D eigenvalue weighted by Crippen LogP contribution is 2.49. The van der Waals surface area contributed by atoms with E-state index in [2.05, 4.69) is 15.5 Å². The predicted molar refractivity (Wildman–Crippen MR) is 81.6 cm³/mol. The van der Waals surface area contributed by atoms with E-state index in [1.165, 1.54) is 25.7 Å². The molecule has 0 amide bonds. The van der Waals surface area contributed by atoms with Crippen molar-refractivity contribution in [2.24, 2.45) is 17.8 Å². The molecule has 0 aliphatic heterocycles. The van der Waals surface area contributed by atoms with Gasteiger partial charge in [0, 0.05) is 12.2 Å². The first kappa shape index (κ1) is 13.1. The lowest BCUT2D eigenvalue weighted by Gasteiger charge is -2.21. The van der Waals surface area contributed by atoms with E-state index in [-0.39, 0.29) is 0 Å². The molecule has 2 saturated carbocycles. The third-order valence-corrected chi connectivity index (χ3v) is 5.41. The number of nitrogen functional groups attached to an aromatic ring is 1. The van der Waals surface area contributed by atoms with Gasteiger partial charge in [-0.2, -0.15) is 0 Å². The summed E-state index contributed by atoms with van der Waals surface area (Å²) >= 11 is 6.28. The summed E-state index contributed by atoms with van der Waals surface area (Å²) in [5, 5.41) is 12.7. The first-order valence-corrected chi connectivity index (χ1v) is 7.90. The maximum atomic E-state index is 6.28. The van der Waals surface area contributed by atoms with Crippen LogP contribution in [0.4, 0.5) is 5.69 Å². The number of rotatable bonds is 3. The van der Waals surface area contributed by atoms with E-state index in [1.807, 2.05) is 22.9 Å². The SMILES string of the molecule is Nc1cccc(Cl)c1-c1nnnn1CC1CC2CCC1C2. The summed E-state index contributed by atoms with van der Waals surface area (Å²) in [6.07, 6.45) is 5.46. The van der Waals surface area contributed by atoms with Crippen LogP contribution in [-0.2, 0) is 6.54 Å². The summed E-state index contributed by atoms with van der Waals surface area (Å²) in [5.74, 6) is 3.14. The summed E-state index contributed by atoms with van der Waals surface area (Å²) in [7, 11) is 0. The topological polar surface area (TPSA) is 69.6 Å². The number of tetrazole rings is 1. The summed E-state index contributed by atoms with van der Waals surface area (Å²) in [4.78, 5) is 0. The van der Waals surface area contributed by atoms with Crippen molar-refractivity contribution >= 4 is 17.3 Å². The van der Waals surface area contributed by atoms with E-state index in [1.54, 1.807) is 0 Å². The third kappa shape index (κ3) is 2.20. The maximum Gasteiger partial charge on any atom is 0.185 e. The first-order chi connectivity index (χ1) is 10.2. The molecule has 2 bridgehead atoms. The molecule has 2 N–H and O–H groups in total. The highest BCUT2D eigenvalue weighted by atomic mass is 35.5. The van der Waals surface area contributed by atoms with Crippen molar-refractivity contribution < 1.29 is 0 Å². The van der Waals surface area contributed by atoms with Crippen LogP contribution in [0.2, 0.25) is 5.02 Å². The molecule has 2 aromatic rings. The van der Waals surface area contributed by atoms with Crippen molar-refractivity contribution in [2.75, 3.05) is 5.73 Å². The Morgan fingerprint density at radius 1 is 1.29 bits per heavy atom. The molecule has 3 unspecified atom stereocenters.